The maximum atomic E-state index is 13.9. The van der Waals surface area contributed by atoms with Crippen LogP contribution in [0, 0.1) is 11.6 Å². The summed E-state index contributed by atoms with van der Waals surface area (Å²) in [7, 11) is 0. The molecule has 0 radical (unpaired) electrons. The number of hydrogen-bond acceptors (Lipinski definition) is 5. The maximum Gasteiger partial charge on any atom is 0.256 e. The summed E-state index contributed by atoms with van der Waals surface area (Å²) in [5.74, 6) is -1.21. The van der Waals surface area contributed by atoms with Gasteiger partial charge in [-0.05, 0) is 48.5 Å². The molecule has 0 aliphatic heterocycles. The SMILES string of the molecule is O=C(Nc1sc(NN=Cc2c(F)cccc2Cl)nc1-c1ccc(F)cc1)c1ccccc1. The number of hydrogen-bond donors (Lipinski definition) is 2. The molecule has 1 aromatic heterocycles. The Morgan fingerprint density at radius 2 is 1.75 bits per heavy atom. The summed E-state index contributed by atoms with van der Waals surface area (Å²) < 4.78 is 27.3. The fourth-order valence-corrected chi connectivity index (χ4v) is 3.85. The van der Waals surface area contributed by atoms with Crippen LogP contribution in [-0.2, 0) is 0 Å². The smallest absolute Gasteiger partial charge is 0.256 e. The maximum absolute atomic E-state index is 13.9. The summed E-state index contributed by atoms with van der Waals surface area (Å²) in [6.07, 6.45) is 1.25. The van der Waals surface area contributed by atoms with Gasteiger partial charge in [0.25, 0.3) is 5.91 Å². The summed E-state index contributed by atoms with van der Waals surface area (Å²) in [6, 6.07) is 18.8. The molecular formula is C23H15ClF2N4OS. The summed E-state index contributed by atoms with van der Waals surface area (Å²) in [6.45, 7) is 0. The number of nitrogens with one attached hydrogen (secondary N) is 2. The number of hydrazone groups is 1. The third-order valence-electron chi connectivity index (χ3n) is 4.36. The number of nitrogens with zero attached hydrogens (tertiary/aromatic N) is 2. The first-order chi connectivity index (χ1) is 15.5. The van der Waals surface area contributed by atoms with Crippen LogP contribution >= 0.6 is 22.9 Å². The Balaban J connectivity index is 1.62. The predicted molar refractivity (Wildman–Crippen MR) is 125 cm³/mol. The molecule has 2 N–H and O–H groups in total. The molecule has 0 spiro atoms. The van der Waals surface area contributed by atoms with Gasteiger partial charge in [0.2, 0.25) is 5.13 Å². The van der Waals surface area contributed by atoms with E-state index in [-0.39, 0.29) is 22.3 Å². The molecule has 0 aliphatic carbocycles. The Morgan fingerprint density at radius 1 is 1.00 bits per heavy atom. The van der Waals surface area contributed by atoms with Crippen molar-refractivity contribution in [2.45, 2.75) is 0 Å². The second kappa shape index (κ2) is 9.67. The number of halogens is 3. The van der Waals surface area contributed by atoms with Crippen molar-refractivity contribution in [2.75, 3.05) is 10.7 Å². The van der Waals surface area contributed by atoms with Gasteiger partial charge in [0, 0.05) is 16.7 Å². The minimum Gasteiger partial charge on any atom is -0.312 e. The third-order valence-corrected chi connectivity index (χ3v) is 5.57. The highest BCUT2D eigenvalue weighted by Crippen LogP contribution is 2.36. The van der Waals surface area contributed by atoms with Crippen LogP contribution in [0.15, 0.2) is 77.9 Å². The molecule has 0 saturated carbocycles. The highest BCUT2D eigenvalue weighted by molar-refractivity contribution is 7.20. The van der Waals surface area contributed by atoms with Gasteiger partial charge in [-0.2, -0.15) is 5.10 Å². The molecule has 4 rings (SSSR count). The first kappa shape index (κ1) is 21.6. The molecule has 0 saturated heterocycles. The standard InChI is InChI=1S/C23H15ClF2N4OS/c24-18-7-4-8-19(26)17(18)13-27-30-23-28-20(14-9-11-16(25)12-10-14)22(32-23)29-21(31)15-5-2-1-3-6-15/h1-13H,(H,28,30)(H,29,31). The highest BCUT2D eigenvalue weighted by Gasteiger charge is 2.16. The van der Waals surface area contributed by atoms with Gasteiger partial charge >= 0.3 is 0 Å². The van der Waals surface area contributed by atoms with Gasteiger partial charge in [-0.3, -0.25) is 10.2 Å². The van der Waals surface area contributed by atoms with E-state index in [9.17, 15) is 13.6 Å². The van der Waals surface area contributed by atoms with E-state index < -0.39 is 5.82 Å². The fourth-order valence-electron chi connectivity index (χ4n) is 2.81. The van der Waals surface area contributed by atoms with Crippen LogP contribution in [0.3, 0.4) is 0 Å². The Hall–Kier alpha value is -3.62. The number of carbonyl (C=O) groups is 1. The first-order valence-corrected chi connectivity index (χ1v) is 10.6. The molecule has 4 aromatic rings. The van der Waals surface area contributed by atoms with Gasteiger partial charge in [0.05, 0.1) is 11.2 Å². The lowest BCUT2D eigenvalue weighted by Crippen LogP contribution is -2.11. The van der Waals surface area contributed by atoms with Gasteiger partial charge in [-0.1, -0.05) is 47.2 Å². The van der Waals surface area contributed by atoms with Crippen LogP contribution in [0.25, 0.3) is 11.3 Å². The first-order valence-electron chi connectivity index (χ1n) is 9.37. The van der Waals surface area contributed by atoms with E-state index in [1.165, 1.54) is 30.5 Å². The molecular weight excluding hydrogens is 454 g/mol. The van der Waals surface area contributed by atoms with Crippen molar-refractivity contribution in [3.8, 4) is 11.3 Å². The molecule has 160 valence electrons. The molecule has 32 heavy (non-hydrogen) atoms. The quantitative estimate of drug-likeness (QED) is 0.253. The van der Waals surface area contributed by atoms with Gasteiger partial charge in [0.15, 0.2) is 0 Å². The molecule has 1 heterocycles. The second-order valence-electron chi connectivity index (χ2n) is 6.53. The molecule has 5 nitrogen and oxygen atoms in total. The van der Waals surface area contributed by atoms with E-state index in [1.54, 1.807) is 42.5 Å². The van der Waals surface area contributed by atoms with Crippen molar-refractivity contribution in [1.29, 1.82) is 0 Å². The average molecular weight is 469 g/mol. The lowest BCUT2D eigenvalue weighted by molar-refractivity contribution is 0.102. The molecule has 3 aromatic carbocycles. The molecule has 9 heteroatoms. The average Bonchev–Trinajstić information content (AvgIpc) is 3.19. The lowest BCUT2D eigenvalue weighted by Gasteiger charge is -2.05. The predicted octanol–water partition coefficient (Wildman–Crippen LogP) is 6.44. The number of amides is 1. The largest absolute Gasteiger partial charge is 0.312 e. The second-order valence-corrected chi connectivity index (χ2v) is 7.94. The van der Waals surface area contributed by atoms with Crippen molar-refractivity contribution in [3.05, 3.63) is 101 Å². The van der Waals surface area contributed by atoms with Crippen LogP contribution in [0.4, 0.5) is 18.9 Å². The van der Waals surface area contributed by atoms with Crippen molar-refractivity contribution >= 4 is 45.2 Å². The molecule has 0 unspecified atom stereocenters. The van der Waals surface area contributed by atoms with E-state index >= 15 is 0 Å². The summed E-state index contributed by atoms with van der Waals surface area (Å²) in [5, 5.41) is 7.86. The van der Waals surface area contributed by atoms with Gasteiger partial charge in [0.1, 0.15) is 22.3 Å². The van der Waals surface area contributed by atoms with E-state index in [0.29, 0.717) is 27.0 Å². The van der Waals surface area contributed by atoms with Crippen LogP contribution in [0.2, 0.25) is 5.02 Å². The summed E-state index contributed by atoms with van der Waals surface area (Å²) in [4.78, 5) is 17.1. The van der Waals surface area contributed by atoms with E-state index in [2.05, 4.69) is 20.8 Å². The molecule has 0 fully saturated rings. The Bertz CT molecular complexity index is 1260. The van der Waals surface area contributed by atoms with Gasteiger partial charge in [-0.25, -0.2) is 13.8 Å². The van der Waals surface area contributed by atoms with Crippen molar-refractivity contribution in [2.24, 2.45) is 5.10 Å². The van der Waals surface area contributed by atoms with E-state index in [0.717, 1.165) is 11.3 Å². The lowest BCUT2D eigenvalue weighted by atomic mass is 10.1. The van der Waals surface area contributed by atoms with Crippen LogP contribution in [-0.4, -0.2) is 17.1 Å². The van der Waals surface area contributed by atoms with Crippen molar-refractivity contribution in [3.63, 3.8) is 0 Å². The number of aromatic nitrogens is 1. The zero-order valence-electron chi connectivity index (χ0n) is 16.4. The Morgan fingerprint density at radius 3 is 2.47 bits per heavy atom. The topological polar surface area (TPSA) is 66.4 Å². The van der Waals surface area contributed by atoms with Crippen molar-refractivity contribution in [1.82, 2.24) is 4.98 Å². The van der Waals surface area contributed by atoms with E-state index in [4.69, 9.17) is 11.6 Å². The minimum absolute atomic E-state index is 0.134. The Kier molecular flexibility index (Phi) is 6.53. The van der Waals surface area contributed by atoms with Gasteiger partial charge in [-0.15, -0.1) is 0 Å². The van der Waals surface area contributed by atoms with Crippen LogP contribution in [0.1, 0.15) is 15.9 Å². The number of benzene rings is 3. The molecule has 0 aliphatic rings. The summed E-state index contributed by atoms with van der Waals surface area (Å²) >= 11 is 7.14. The summed E-state index contributed by atoms with van der Waals surface area (Å²) in [5.41, 5.74) is 4.40. The zero-order valence-corrected chi connectivity index (χ0v) is 17.9. The number of rotatable bonds is 6. The van der Waals surface area contributed by atoms with E-state index in [1.807, 2.05) is 6.07 Å². The molecule has 0 bridgehead atoms. The fraction of sp³-hybridized carbons (Fsp3) is 0. The molecule has 1 amide bonds. The normalized spacial score (nSPS) is 11.0. The number of anilines is 2. The minimum atomic E-state index is -0.509. The van der Waals surface area contributed by atoms with Crippen molar-refractivity contribution < 1.29 is 13.6 Å². The number of carbonyl (C=O) groups excluding carboxylic acids is 1. The third kappa shape index (κ3) is 4.99. The highest BCUT2D eigenvalue weighted by atomic mass is 35.5. The monoisotopic (exact) mass is 468 g/mol. The van der Waals surface area contributed by atoms with Crippen LogP contribution < -0.4 is 10.7 Å². The number of thiazole rings is 1. The van der Waals surface area contributed by atoms with Crippen LogP contribution in [0.5, 0.6) is 0 Å². The Labute approximate surface area is 191 Å². The van der Waals surface area contributed by atoms with Gasteiger partial charge < -0.3 is 5.32 Å². The molecule has 0 atom stereocenters. The zero-order chi connectivity index (χ0) is 22.5.